The maximum Gasteiger partial charge on any atom is 0.354 e. The molecule has 1 aromatic carbocycles. The molecule has 0 atom stereocenters. The van der Waals surface area contributed by atoms with Crippen LogP contribution >= 0.6 is 11.6 Å². The van der Waals surface area contributed by atoms with Gasteiger partial charge in [-0.1, -0.05) is 17.7 Å². The summed E-state index contributed by atoms with van der Waals surface area (Å²) in [7, 11) is 2.25. The summed E-state index contributed by atoms with van der Waals surface area (Å²) in [6, 6.07) is 4.27. The molecular weight excluding hydrogens is 302 g/mol. The molecular formula is C13H12ClNO6. The van der Waals surface area contributed by atoms with Gasteiger partial charge in [-0.2, -0.15) is 0 Å². The Kier molecular flexibility index (Phi) is 5.74. The first-order valence-electron chi connectivity index (χ1n) is 5.57. The molecule has 0 unspecified atom stereocenters. The van der Waals surface area contributed by atoms with Gasteiger partial charge < -0.3 is 19.9 Å². The number of methoxy groups -OCH3 is 2. The molecule has 7 nitrogen and oxygen atoms in total. The zero-order valence-corrected chi connectivity index (χ0v) is 11.9. The van der Waals surface area contributed by atoms with Crippen LogP contribution in [-0.4, -0.2) is 37.2 Å². The summed E-state index contributed by atoms with van der Waals surface area (Å²) >= 11 is 5.81. The maximum atomic E-state index is 11.6. The Bertz CT molecular complexity index is 611. The van der Waals surface area contributed by atoms with Crippen LogP contribution in [0.3, 0.4) is 0 Å². The third-order valence-electron chi connectivity index (χ3n) is 2.37. The summed E-state index contributed by atoms with van der Waals surface area (Å²) in [5.41, 5.74) is -0.483. The summed E-state index contributed by atoms with van der Waals surface area (Å²) in [5.74, 6) is -2.95. The molecule has 0 aliphatic rings. The van der Waals surface area contributed by atoms with Crippen LogP contribution in [0.25, 0.3) is 0 Å². The second kappa shape index (κ2) is 7.30. The number of hydrogen-bond acceptors (Lipinski definition) is 6. The lowest BCUT2D eigenvalue weighted by atomic mass is 10.1. The average Bonchev–Trinajstić information content (AvgIpc) is 2.45. The van der Waals surface area contributed by atoms with Gasteiger partial charge in [0, 0.05) is 0 Å². The van der Waals surface area contributed by atoms with Crippen molar-refractivity contribution in [3.63, 3.8) is 0 Å². The van der Waals surface area contributed by atoms with Gasteiger partial charge in [0.15, 0.2) is 0 Å². The molecule has 21 heavy (non-hydrogen) atoms. The molecule has 0 spiro atoms. The fraction of sp³-hybridized carbons (Fsp3) is 0.154. The number of carboxylic acids is 1. The third kappa shape index (κ3) is 4.22. The van der Waals surface area contributed by atoms with Crippen LogP contribution in [0.5, 0.6) is 0 Å². The van der Waals surface area contributed by atoms with Crippen molar-refractivity contribution in [1.29, 1.82) is 0 Å². The molecule has 0 fully saturated rings. The normalized spacial score (nSPS) is 10.7. The Balaban J connectivity index is 3.25. The van der Waals surface area contributed by atoms with Crippen LogP contribution in [0.15, 0.2) is 30.0 Å². The highest BCUT2D eigenvalue weighted by molar-refractivity contribution is 6.34. The summed E-state index contributed by atoms with van der Waals surface area (Å²) in [4.78, 5) is 34.0. The number of benzene rings is 1. The molecule has 0 bridgehead atoms. The first-order chi connectivity index (χ1) is 9.90. The summed E-state index contributed by atoms with van der Waals surface area (Å²) in [5, 5.41) is 11.6. The standard InChI is InChI=1S/C13H12ClNO6/c1-20-10(16)6-9(13(19)21-2)15-8-5-3-4-7(14)11(8)12(17)18/h3-6,15H,1-2H3,(H,17,18)/b9-6+. The van der Waals surface area contributed by atoms with E-state index in [-0.39, 0.29) is 22.0 Å². The molecule has 8 heteroatoms. The minimum Gasteiger partial charge on any atom is -0.478 e. The van der Waals surface area contributed by atoms with E-state index < -0.39 is 17.9 Å². The van der Waals surface area contributed by atoms with Crippen molar-refractivity contribution in [2.24, 2.45) is 0 Å². The molecule has 0 saturated heterocycles. The van der Waals surface area contributed by atoms with E-state index in [0.29, 0.717) is 0 Å². The lowest BCUT2D eigenvalue weighted by Gasteiger charge is -2.12. The topological polar surface area (TPSA) is 102 Å². The second-order valence-corrected chi connectivity index (χ2v) is 4.07. The smallest absolute Gasteiger partial charge is 0.354 e. The highest BCUT2D eigenvalue weighted by Gasteiger charge is 2.19. The molecule has 0 aliphatic carbocycles. The number of esters is 2. The van der Waals surface area contributed by atoms with E-state index >= 15 is 0 Å². The monoisotopic (exact) mass is 313 g/mol. The number of carbonyl (C=O) groups is 3. The number of hydrogen-bond donors (Lipinski definition) is 2. The Morgan fingerprint density at radius 3 is 2.43 bits per heavy atom. The molecule has 0 amide bonds. The highest BCUT2D eigenvalue weighted by Crippen LogP contribution is 2.25. The van der Waals surface area contributed by atoms with E-state index in [2.05, 4.69) is 14.8 Å². The number of ether oxygens (including phenoxy) is 2. The molecule has 0 aliphatic heterocycles. The van der Waals surface area contributed by atoms with Gasteiger partial charge in [-0.3, -0.25) is 0 Å². The van der Waals surface area contributed by atoms with Gasteiger partial charge in [0.1, 0.15) is 11.3 Å². The third-order valence-corrected chi connectivity index (χ3v) is 2.68. The number of carboxylic acid groups (broad SMARTS) is 1. The number of aromatic carboxylic acids is 1. The molecule has 2 N–H and O–H groups in total. The molecule has 1 aromatic rings. The maximum absolute atomic E-state index is 11.6. The van der Waals surface area contributed by atoms with Gasteiger partial charge in [0.05, 0.1) is 31.0 Å². The zero-order valence-electron chi connectivity index (χ0n) is 11.2. The second-order valence-electron chi connectivity index (χ2n) is 3.67. The number of carbonyl (C=O) groups excluding carboxylic acids is 2. The van der Waals surface area contributed by atoms with Crippen LogP contribution in [0, 0.1) is 0 Å². The van der Waals surface area contributed by atoms with Crippen molar-refractivity contribution < 1.29 is 29.0 Å². The van der Waals surface area contributed by atoms with Crippen molar-refractivity contribution >= 4 is 35.2 Å². The van der Waals surface area contributed by atoms with Gasteiger partial charge in [0.25, 0.3) is 0 Å². The summed E-state index contributed by atoms with van der Waals surface area (Å²) in [6.45, 7) is 0. The van der Waals surface area contributed by atoms with Gasteiger partial charge >= 0.3 is 17.9 Å². The quantitative estimate of drug-likeness (QED) is 0.629. The van der Waals surface area contributed by atoms with Crippen LogP contribution in [-0.2, 0) is 19.1 Å². The fourth-order valence-electron chi connectivity index (χ4n) is 1.42. The van der Waals surface area contributed by atoms with Crippen molar-refractivity contribution in [3.8, 4) is 0 Å². The molecule has 0 heterocycles. The predicted octanol–water partition coefficient (Wildman–Crippen LogP) is 1.68. The zero-order chi connectivity index (χ0) is 16.0. The molecule has 0 radical (unpaired) electrons. The van der Waals surface area contributed by atoms with Crippen LogP contribution < -0.4 is 5.32 Å². The Hall–Kier alpha value is -2.54. The van der Waals surface area contributed by atoms with Gasteiger partial charge in [-0.05, 0) is 12.1 Å². The van der Waals surface area contributed by atoms with Crippen molar-refractivity contribution in [2.75, 3.05) is 19.5 Å². The van der Waals surface area contributed by atoms with Gasteiger partial charge in [0.2, 0.25) is 0 Å². The van der Waals surface area contributed by atoms with Crippen molar-refractivity contribution in [1.82, 2.24) is 0 Å². The largest absolute Gasteiger partial charge is 0.478 e. The van der Waals surface area contributed by atoms with E-state index in [1.165, 1.54) is 18.2 Å². The minimum atomic E-state index is -1.29. The van der Waals surface area contributed by atoms with Crippen LogP contribution in [0.4, 0.5) is 5.69 Å². The van der Waals surface area contributed by atoms with Crippen molar-refractivity contribution in [2.45, 2.75) is 0 Å². The van der Waals surface area contributed by atoms with Gasteiger partial charge in [-0.25, -0.2) is 14.4 Å². The van der Waals surface area contributed by atoms with Crippen LogP contribution in [0.2, 0.25) is 5.02 Å². The van der Waals surface area contributed by atoms with E-state index in [9.17, 15) is 14.4 Å². The van der Waals surface area contributed by atoms with E-state index in [1.807, 2.05) is 0 Å². The molecule has 0 aromatic heterocycles. The molecule has 1 rings (SSSR count). The summed E-state index contributed by atoms with van der Waals surface area (Å²) in [6.07, 6.45) is 0.846. The number of rotatable bonds is 5. The summed E-state index contributed by atoms with van der Waals surface area (Å²) < 4.78 is 8.91. The minimum absolute atomic E-state index is 0.0187. The van der Waals surface area contributed by atoms with Crippen molar-refractivity contribution in [3.05, 3.63) is 40.6 Å². The first kappa shape index (κ1) is 16.5. The Labute approximate surface area is 125 Å². The molecule has 112 valence electrons. The van der Waals surface area contributed by atoms with Crippen LogP contribution in [0.1, 0.15) is 10.4 Å². The lowest BCUT2D eigenvalue weighted by molar-refractivity contribution is -0.138. The SMILES string of the molecule is COC(=O)/C=C(/Nc1cccc(Cl)c1C(=O)O)C(=O)OC. The predicted molar refractivity (Wildman–Crippen MR) is 74.1 cm³/mol. The van der Waals surface area contributed by atoms with E-state index in [1.54, 1.807) is 0 Å². The van der Waals surface area contributed by atoms with E-state index in [0.717, 1.165) is 20.3 Å². The highest BCUT2D eigenvalue weighted by atomic mass is 35.5. The molecule has 0 saturated carbocycles. The number of halogens is 1. The number of nitrogens with one attached hydrogen (secondary N) is 1. The fourth-order valence-corrected chi connectivity index (χ4v) is 1.68. The Morgan fingerprint density at radius 2 is 1.90 bits per heavy atom. The first-order valence-corrected chi connectivity index (χ1v) is 5.95. The van der Waals surface area contributed by atoms with E-state index in [4.69, 9.17) is 16.7 Å². The van der Waals surface area contributed by atoms with Gasteiger partial charge in [-0.15, -0.1) is 0 Å². The lowest BCUT2D eigenvalue weighted by Crippen LogP contribution is -2.17. The Morgan fingerprint density at radius 1 is 1.24 bits per heavy atom. The number of anilines is 1. The average molecular weight is 314 g/mol.